The first-order chi connectivity index (χ1) is 16.8. The number of aryl methyl sites for hydroxylation is 1. The highest BCUT2D eigenvalue weighted by atomic mass is 16.5. The molecular formula is C29H45N3O2. The van der Waals surface area contributed by atoms with Crippen molar-refractivity contribution < 1.29 is 9.47 Å². The second-order valence-corrected chi connectivity index (χ2v) is 9.79. The molecule has 0 amide bonds. The molecule has 34 heavy (non-hydrogen) atoms. The zero-order chi connectivity index (χ0) is 23.7. The van der Waals surface area contributed by atoms with Crippen molar-refractivity contribution in [1.82, 2.24) is 15.2 Å². The number of hydrogen-bond donors (Lipinski definition) is 0. The fraction of sp³-hybridized carbons (Fsp3) is 0.690. The van der Waals surface area contributed by atoms with Gasteiger partial charge in [-0.05, 0) is 55.7 Å². The summed E-state index contributed by atoms with van der Waals surface area (Å²) >= 11 is 0. The predicted octanol–water partition coefficient (Wildman–Crippen LogP) is 7.59. The zero-order valence-corrected chi connectivity index (χ0v) is 21.4. The minimum absolute atomic E-state index is 0.565. The molecule has 0 radical (unpaired) electrons. The molecule has 0 aliphatic heterocycles. The molecule has 5 nitrogen and oxygen atoms in total. The van der Waals surface area contributed by atoms with Gasteiger partial charge >= 0.3 is 0 Å². The fourth-order valence-corrected chi connectivity index (χ4v) is 4.14. The van der Waals surface area contributed by atoms with Crippen LogP contribution in [0.4, 0.5) is 0 Å². The van der Waals surface area contributed by atoms with Crippen LogP contribution in [0.5, 0.6) is 5.88 Å². The molecule has 1 saturated carbocycles. The van der Waals surface area contributed by atoms with Crippen molar-refractivity contribution in [3.8, 4) is 17.3 Å². The number of ether oxygens (including phenoxy) is 2. The van der Waals surface area contributed by atoms with E-state index < -0.39 is 0 Å². The van der Waals surface area contributed by atoms with Gasteiger partial charge in [0.1, 0.15) is 5.69 Å². The summed E-state index contributed by atoms with van der Waals surface area (Å²) in [5, 5.41) is 8.50. The van der Waals surface area contributed by atoms with E-state index >= 15 is 0 Å². The lowest BCUT2D eigenvalue weighted by Gasteiger charge is -2.06. The van der Waals surface area contributed by atoms with Gasteiger partial charge in [0.2, 0.25) is 5.88 Å². The van der Waals surface area contributed by atoms with Crippen LogP contribution in [0.1, 0.15) is 102 Å². The van der Waals surface area contributed by atoms with Crippen molar-refractivity contribution >= 4 is 0 Å². The lowest BCUT2D eigenvalue weighted by Crippen LogP contribution is -2.03. The maximum atomic E-state index is 5.70. The van der Waals surface area contributed by atoms with Gasteiger partial charge in [-0.25, -0.2) is 0 Å². The van der Waals surface area contributed by atoms with Crippen molar-refractivity contribution in [3.05, 3.63) is 36.0 Å². The van der Waals surface area contributed by atoms with Crippen LogP contribution in [0.25, 0.3) is 11.4 Å². The van der Waals surface area contributed by atoms with Gasteiger partial charge in [0, 0.05) is 25.5 Å². The molecule has 0 atom stereocenters. The number of hydrogen-bond acceptors (Lipinski definition) is 5. The number of rotatable bonds is 20. The lowest BCUT2D eigenvalue weighted by molar-refractivity contribution is 0.123. The molecule has 1 aliphatic rings. The molecule has 5 heteroatoms. The Labute approximate surface area is 207 Å². The van der Waals surface area contributed by atoms with Crippen LogP contribution in [0, 0.1) is 5.92 Å². The number of aromatic nitrogens is 3. The van der Waals surface area contributed by atoms with Crippen LogP contribution in [0.3, 0.4) is 0 Å². The van der Waals surface area contributed by atoms with Crippen LogP contribution in [-0.2, 0) is 11.2 Å². The van der Waals surface area contributed by atoms with E-state index in [0.717, 1.165) is 56.2 Å². The Balaban J connectivity index is 1.23. The average Bonchev–Trinajstić information content (AvgIpc) is 3.70. The molecule has 0 N–H and O–H groups in total. The first-order valence-corrected chi connectivity index (χ1v) is 13.8. The lowest BCUT2D eigenvalue weighted by atomic mass is 10.0. The van der Waals surface area contributed by atoms with Gasteiger partial charge in [-0.1, -0.05) is 77.2 Å². The molecule has 2 aromatic heterocycles. The highest BCUT2D eigenvalue weighted by molar-refractivity contribution is 5.53. The summed E-state index contributed by atoms with van der Waals surface area (Å²) in [4.78, 5) is 4.61. The van der Waals surface area contributed by atoms with E-state index in [9.17, 15) is 0 Å². The third-order valence-corrected chi connectivity index (χ3v) is 6.58. The normalized spacial score (nSPS) is 13.3. The van der Waals surface area contributed by atoms with Crippen LogP contribution < -0.4 is 4.74 Å². The summed E-state index contributed by atoms with van der Waals surface area (Å²) in [6.45, 7) is 4.48. The smallest absolute Gasteiger partial charge is 0.233 e. The Hall–Kier alpha value is -2.01. The van der Waals surface area contributed by atoms with Gasteiger partial charge in [-0.3, -0.25) is 4.98 Å². The number of unbranched alkanes of at least 4 members (excludes halogenated alkanes) is 8. The fourth-order valence-electron chi connectivity index (χ4n) is 4.14. The van der Waals surface area contributed by atoms with Crippen LogP contribution in [0.15, 0.2) is 30.5 Å². The van der Waals surface area contributed by atoms with E-state index in [4.69, 9.17) is 9.47 Å². The highest BCUT2D eigenvalue weighted by Crippen LogP contribution is 2.34. The largest absolute Gasteiger partial charge is 0.477 e. The van der Waals surface area contributed by atoms with Gasteiger partial charge in [0.15, 0.2) is 0 Å². The molecule has 0 bridgehead atoms. The molecule has 1 aliphatic carbocycles. The summed E-state index contributed by atoms with van der Waals surface area (Å²) in [6.07, 6.45) is 21.5. The molecule has 1 fully saturated rings. The second kappa shape index (κ2) is 16.6. The van der Waals surface area contributed by atoms with Crippen molar-refractivity contribution in [2.45, 2.75) is 103 Å². The standard InChI is InChI=1S/C29H45N3O2/c1-2-3-21-33-22-11-12-23-34-29-20-19-28(31-32-29)27-18-17-26(24-30-27)14-10-8-6-4-5-7-9-13-25-15-16-25/h17-20,24-25H,2-16,21-23H2,1H3. The van der Waals surface area contributed by atoms with Crippen LogP contribution in [0.2, 0.25) is 0 Å². The Morgan fingerprint density at radius 3 is 2.18 bits per heavy atom. The molecule has 0 spiro atoms. The highest BCUT2D eigenvalue weighted by Gasteiger charge is 2.19. The second-order valence-electron chi connectivity index (χ2n) is 9.79. The summed E-state index contributed by atoms with van der Waals surface area (Å²) in [7, 11) is 0. The summed E-state index contributed by atoms with van der Waals surface area (Å²) in [5.74, 6) is 1.66. The maximum absolute atomic E-state index is 5.70. The SMILES string of the molecule is CCCCOCCCCOc1ccc(-c2ccc(CCCCCCCCCC3CC3)cn2)nn1. The van der Waals surface area contributed by atoms with E-state index in [-0.39, 0.29) is 0 Å². The van der Waals surface area contributed by atoms with Crippen LogP contribution >= 0.6 is 0 Å². The minimum Gasteiger partial charge on any atom is -0.477 e. The maximum Gasteiger partial charge on any atom is 0.233 e. The third-order valence-electron chi connectivity index (χ3n) is 6.58. The number of pyridine rings is 1. The van der Waals surface area contributed by atoms with Gasteiger partial charge in [0.25, 0.3) is 0 Å². The Kier molecular flexibility index (Phi) is 13.0. The van der Waals surface area contributed by atoms with E-state index in [0.29, 0.717) is 12.5 Å². The molecule has 0 unspecified atom stereocenters. The van der Waals surface area contributed by atoms with Gasteiger partial charge in [0.05, 0.1) is 12.3 Å². The van der Waals surface area contributed by atoms with Crippen molar-refractivity contribution in [2.75, 3.05) is 19.8 Å². The molecule has 2 heterocycles. The monoisotopic (exact) mass is 467 g/mol. The zero-order valence-electron chi connectivity index (χ0n) is 21.4. The Morgan fingerprint density at radius 1 is 0.735 bits per heavy atom. The van der Waals surface area contributed by atoms with E-state index in [1.54, 1.807) is 0 Å². The quantitative estimate of drug-likeness (QED) is 0.188. The average molecular weight is 468 g/mol. The molecule has 0 saturated heterocycles. The molecule has 188 valence electrons. The van der Waals surface area contributed by atoms with Gasteiger partial charge in [-0.15, -0.1) is 10.2 Å². The van der Waals surface area contributed by atoms with E-state index in [1.807, 2.05) is 18.3 Å². The summed E-state index contributed by atoms with van der Waals surface area (Å²) < 4.78 is 11.3. The van der Waals surface area contributed by atoms with E-state index in [1.165, 1.54) is 76.2 Å². The minimum atomic E-state index is 0.565. The van der Waals surface area contributed by atoms with Crippen LogP contribution in [-0.4, -0.2) is 35.0 Å². The first-order valence-electron chi connectivity index (χ1n) is 13.8. The Bertz CT molecular complexity index is 760. The van der Waals surface area contributed by atoms with Gasteiger partial charge in [-0.2, -0.15) is 0 Å². The van der Waals surface area contributed by atoms with Crippen molar-refractivity contribution in [1.29, 1.82) is 0 Å². The Morgan fingerprint density at radius 2 is 1.47 bits per heavy atom. The predicted molar refractivity (Wildman–Crippen MR) is 139 cm³/mol. The first kappa shape index (κ1) is 26.6. The summed E-state index contributed by atoms with van der Waals surface area (Å²) in [5.41, 5.74) is 2.95. The number of nitrogens with zero attached hydrogens (tertiary/aromatic N) is 3. The molecule has 2 aromatic rings. The third kappa shape index (κ3) is 11.4. The van der Waals surface area contributed by atoms with Gasteiger partial charge < -0.3 is 9.47 Å². The summed E-state index contributed by atoms with van der Waals surface area (Å²) in [6, 6.07) is 8.04. The van der Waals surface area contributed by atoms with Crippen molar-refractivity contribution in [3.63, 3.8) is 0 Å². The van der Waals surface area contributed by atoms with Crippen molar-refractivity contribution in [2.24, 2.45) is 5.92 Å². The molecule has 0 aromatic carbocycles. The molecule has 3 rings (SSSR count). The molecular weight excluding hydrogens is 422 g/mol. The van der Waals surface area contributed by atoms with E-state index in [2.05, 4.69) is 34.2 Å². The topological polar surface area (TPSA) is 57.1 Å².